The predicted molar refractivity (Wildman–Crippen MR) is 129 cm³/mol. The lowest BCUT2D eigenvalue weighted by Crippen LogP contribution is -2.55. The van der Waals surface area contributed by atoms with Crippen LogP contribution < -0.4 is 10.1 Å². The van der Waals surface area contributed by atoms with Crippen LogP contribution in [0.1, 0.15) is 31.4 Å². The highest BCUT2D eigenvalue weighted by molar-refractivity contribution is 5.93. The number of carbonyl (C=O) groups excluding carboxylic acids is 1. The number of rotatable bonds is 10. The fourth-order valence-electron chi connectivity index (χ4n) is 4.32. The van der Waals surface area contributed by atoms with Gasteiger partial charge >= 0.3 is 0 Å². The van der Waals surface area contributed by atoms with Crippen molar-refractivity contribution in [3.8, 4) is 5.75 Å². The van der Waals surface area contributed by atoms with Crippen LogP contribution in [0.25, 0.3) is 0 Å². The van der Waals surface area contributed by atoms with E-state index in [0.717, 1.165) is 43.7 Å². The number of nitrogens with one attached hydrogen (secondary N) is 1. The number of benzene rings is 2. The van der Waals surface area contributed by atoms with E-state index in [0.29, 0.717) is 13.1 Å². The van der Waals surface area contributed by atoms with Crippen LogP contribution in [-0.4, -0.2) is 72.3 Å². The molecule has 1 heterocycles. The smallest absolute Gasteiger partial charge is 0.238 e. The Hall–Kier alpha value is -2.48. The van der Waals surface area contributed by atoms with E-state index in [1.807, 2.05) is 19.1 Å². The van der Waals surface area contributed by atoms with Crippen molar-refractivity contribution in [2.45, 2.75) is 45.8 Å². The number of β-amino-alcohol motifs (C(OH)–C–C–N with tert-alkyl or cyclic N) is 1. The monoisotopic (exact) mass is 457 g/mol. The third-order valence-electron chi connectivity index (χ3n) is 6.07. The quantitative estimate of drug-likeness (QED) is 0.572. The highest BCUT2D eigenvalue weighted by Crippen LogP contribution is 2.22. The molecule has 1 fully saturated rings. The lowest BCUT2D eigenvalue weighted by molar-refractivity contribution is -0.118. The topological polar surface area (TPSA) is 65.0 Å². The minimum atomic E-state index is -0.722. The average Bonchev–Trinajstić information content (AvgIpc) is 2.77. The number of aliphatic hydroxyl groups is 1. The molecule has 0 saturated carbocycles. The number of ether oxygens (including phenoxy) is 1. The summed E-state index contributed by atoms with van der Waals surface area (Å²) in [4.78, 5) is 17.1. The van der Waals surface area contributed by atoms with Crippen LogP contribution in [0.15, 0.2) is 42.5 Å². The minimum absolute atomic E-state index is 0.000579. The number of aliphatic hydroxyl groups excluding tert-OH is 1. The number of anilines is 1. The molecule has 33 heavy (non-hydrogen) atoms. The summed E-state index contributed by atoms with van der Waals surface area (Å²) in [7, 11) is 0. The number of halogens is 1. The van der Waals surface area contributed by atoms with E-state index in [2.05, 4.69) is 35.0 Å². The second-order valence-electron chi connectivity index (χ2n) is 8.88. The number of hydrogen-bond acceptors (Lipinski definition) is 5. The minimum Gasteiger partial charge on any atom is -0.488 e. The Morgan fingerprint density at radius 2 is 2.03 bits per heavy atom. The van der Waals surface area contributed by atoms with Crippen LogP contribution in [0.5, 0.6) is 5.75 Å². The van der Waals surface area contributed by atoms with Crippen molar-refractivity contribution in [3.63, 3.8) is 0 Å². The molecule has 1 amide bonds. The fourth-order valence-corrected chi connectivity index (χ4v) is 4.32. The summed E-state index contributed by atoms with van der Waals surface area (Å²) in [6, 6.07) is 12.5. The summed E-state index contributed by atoms with van der Waals surface area (Å²) in [5.74, 6) is -0.283. The SMILES string of the molecule is CCCc1cccc(C)c1NC(=O)CN1CCN(CC(O)COc2ccccc2F)C(C)C1. The summed E-state index contributed by atoms with van der Waals surface area (Å²) in [5, 5.41) is 13.5. The number of para-hydroxylation sites is 2. The largest absolute Gasteiger partial charge is 0.488 e. The zero-order chi connectivity index (χ0) is 23.8. The highest BCUT2D eigenvalue weighted by Gasteiger charge is 2.27. The van der Waals surface area contributed by atoms with Gasteiger partial charge in [0, 0.05) is 37.9 Å². The Morgan fingerprint density at radius 3 is 2.76 bits per heavy atom. The van der Waals surface area contributed by atoms with Gasteiger partial charge in [-0.1, -0.05) is 43.7 Å². The van der Waals surface area contributed by atoms with Crippen molar-refractivity contribution < 1.29 is 19.0 Å². The van der Waals surface area contributed by atoms with Crippen LogP contribution in [-0.2, 0) is 11.2 Å². The van der Waals surface area contributed by atoms with Gasteiger partial charge in [-0.05, 0) is 43.5 Å². The average molecular weight is 458 g/mol. The Morgan fingerprint density at radius 1 is 1.24 bits per heavy atom. The zero-order valence-electron chi connectivity index (χ0n) is 19.9. The Bertz CT molecular complexity index is 923. The normalized spacial score (nSPS) is 18.2. The maximum Gasteiger partial charge on any atom is 0.238 e. The van der Waals surface area contributed by atoms with Gasteiger partial charge in [-0.25, -0.2) is 4.39 Å². The zero-order valence-corrected chi connectivity index (χ0v) is 19.9. The number of aryl methyl sites for hydroxylation is 2. The Labute approximate surface area is 196 Å². The van der Waals surface area contributed by atoms with E-state index in [1.54, 1.807) is 18.2 Å². The van der Waals surface area contributed by atoms with Crippen LogP contribution in [0.2, 0.25) is 0 Å². The van der Waals surface area contributed by atoms with Crippen LogP contribution in [0.4, 0.5) is 10.1 Å². The molecule has 2 aromatic rings. The van der Waals surface area contributed by atoms with Gasteiger partial charge in [0.15, 0.2) is 11.6 Å². The molecule has 3 rings (SSSR count). The summed E-state index contributed by atoms with van der Waals surface area (Å²) < 4.78 is 19.1. The maximum absolute atomic E-state index is 13.7. The fraction of sp³-hybridized carbons (Fsp3) is 0.500. The van der Waals surface area contributed by atoms with Crippen LogP contribution in [0.3, 0.4) is 0 Å². The maximum atomic E-state index is 13.7. The molecule has 7 heteroatoms. The van der Waals surface area contributed by atoms with Gasteiger partial charge in [0.05, 0.1) is 6.54 Å². The van der Waals surface area contributed by atoms with E-state index in [9.17, 15) is 14.3 Å². The van der Waals surface area contributed by atoms with Crippen molar-refractivity contribution in [2.24, 2.45) is 0 Å². The second-order valence-corrected chi connectivity index (χ2v) is 8.88. The van der Waals surface area contributed by atoms with Crippen LogP contribution >= 0.6 is 0 Å². The molecular formula is C26H36FN3O3. The molecule has 2 atom stereocenters. The summed E-state index contributed by atoms with van der Waals surface area (Å²) in [6.45, 7) is 9.31. The van der Waals surface area contributed by atoms with Crippen molar-refractivity contribution in [3.05, 3.63) is 59.4 Å². The van der Waals surface area contributed by atoms with Gasteiger partial charge in [0.25, 0.3) is 0 Å². The van der Waals surface area contributed by atoms with E-state index >= 15 is 0 Å². The second kappa shape index (κ2) is 12.1. The van der Waals surface area contributed by atoms with E-state index in [-0.39, 0.29) is 24.3 Å². The molecule has 1 aliphatic heterocycles. The van der Waals surface area contributed by atoms with Crippen molar-refractivity contribution in [1.82, 2.24) is 9.80 Å². The van der Waals surface area contributed by atoms with Gasteiger partial charge in [-0.3, -0.25) is 14.6 Å². The molecule has 0 aromatic heterocycles. The van der Waals surface area contributed by atoms with E-state index < -0.39 is 11.9 Å². The van der Waals surface area contributed by atoms with Gasteiger partial charge < -0.3 is 15.2 Å². The van der Waals surface area contributed by atoms with Gasteiger partial charge in [0.1, 0.15) is 12.7 Å². The first-order valence-corrected chi connectivity index (χ1v) is 11.8. The van der Waals surface area contributed by atoms with E-state index in [1.165, 1.54) is 11.6 Å². The lowest BCUT2D eigenvalue weighted by atomic mass is 10.0. The third kappa shape index (κ3) is 7.25. The molecule has 6 nitrogen and oxygen atoms in total. The molecule has 1 saturated heterocycles. The number of carbonyl (C=O) groups is 1. The summed E-state index contributed by atoms with van der Waals surface area (Å²) >= 11 is 0. The first-order valence-electron chi connectivity index (χ1n) is 11.8. The number of piperazine rings is 1. The lowest BCUT2D eigenvalue weighted by Gasteiger charge is -2.40. The van der Waals surface area contributed by atoms with Crippen molar-refractivity contribution in [2.75, 3.05) is 44.6 Å². The Kier molecular flexibility index (Phi) is 9.23. The third-order valence-corrected chi connectivity index (χ3v) is 6.07. The molecule has 1 aliphatic rings. The molecule has 0 aliphatic carbocycles. The molecule has 180 valence electrons. The molecular weight excluding hydrogens is 421 g/mol. The van der Waals surface area contributed by atoms with Crippen molar-refractivity contribution in [1.29, 1.82) is 0 Å². The Balaban J connectivity index is 1.45. The van der Waals surface area contributed by atoms with Gasteiger partial charge in [0.2, 0.25) is 5.91 Å². The number of nitrogens with zero attached hydrogens (tertiary/aromatic N) is 2. The van der Waals surface area contributed by atoms with Crippen molar-refractivity contribution >= 4 is 11.6 Å². The number of amides is 1. The number of hydrogen-bond donors (Lipinski definition) is 2. The molecule has 2 unspecified atom stereocenters. The molecule has 0 radical (unpaired) electrons. The van der Waals surface area contributed by atoms with Gasteiger partial charge in [-0.15, -0.1) is 0 Å². The standard InChI is InChI=1S/C26H36FN3O3/c1-4-8-21-10-7-9-19(2)26(21)28-25(32)17-29-13-14-30(20(3)15-29)16-22(31)18-33-24-12-6-5-11-23(24)27/h5-7,9-12,20,22,31H,4,8,13-18H2,1-3H3,(H,28,32). The molecule has 2 N–H and O–H groups in total. The van der Waals surface area contributed by atoms with Gasteiger partial charge in [-0.2, -0.15) is 0 Å². The molecule has 0 spiro atoms. The molecule has 2 aromatic carbocycles. The first kappa shape index (κ1) is 25.1. The first-order chi connectivity index (χ1) is 15.9. The predicted octanol–water partition coefficient (Wildman–Crippen LogP) is 3.47. The van der Waals surface area contributed by atoms with E-state index in [4.69, 9.17) is 4.74 Å². The summed E-state index contributed by atoms with van der Waals surface area (Å²) in [5.41, 5.74) is 3.20. The highest BCUT2D eigenvalue weighted by atomic mass is 19.1. The summed E-state index contributed by atoms with van der Waals surface area (Å²) in [6.07, 6.45) is 1.25. The van der Waals surface area contributed by atoms with Crippen LogP contribution in [0, 0.1) is 12.7 Å². The molecule has 0 bridgehead atoms.